The number of carboxylic acids is 1. The zero-order valence-corrected chi connectivity index (χ0v) is 12.7. The van der Waals surface area contributed by atoms with Crippen LogP contribution in [0.5, 0.6) is 0 Å². The summed E-state index contributed by atoms with van der Waals surface area (Å²) in [6, 6.07) is 0.398. The number of nitrogens with one attached hydrogen (secondary N) is 1. The Morgan fingerprint density at radius 3 is 2.89 bits per heavy atom. The van der Waals surface area contributed by atoms with Gasteiger partial charge in [0.2, 0.25) is 0 Å². The van der Waals surface area contributed by atoms with E-state index in [1.165, 1.54) is 0 Å². The summed E-state index contributed by atoms with van der Waals surface area (Å²) in [7, 11) is 0. The van der Waals surface area contributed by atoms with Crippen molar-refractivity contribution in [2.45, 2.75) is 57.2 Å². The molecule has 106 valence electrons. The Kier molecular flexibility index (Phi) is 4.62. The van der Waals surface area contributed by atoms with E-state index in [2.05, 4.69) is 26.3 Å². The molecule has 1 unspecified atom stereocenters. The molecule has 1 aromatic rings. The summed E-state index contributed by atoms with van der Waals surface area (Å²) in [5, 5.41) is 17.0. The largest absolute Gasteiger partial charge is 0.480 e. The predicted molar refractivity (Wildman–Crippen MR) is 76.0 cm³/mol. The molecular weight excluding hydrogens is 310 g/mol. The minimum atomic E-state index is -0.772. The van der Waals surface area contributed by atoms with Crippen LogP contribution in [0.1, 0.15) is 39.0 Å². The molecule has 5 nitrogen and oxygen atoms in total. The second kappa shape index (κ2) is 6.05. The molecular formula is C13H20BrN3O2. The fourth-order valence-electron chi connectivity index (χ4n) is 2.29. The Labute approximate surface area is 121 Å². The highest BCUT2D eigenvalue weighted by atomic mass is 79.9. The van der Waals surface area contributed by atoms with Crippen LogP contribution in [0, 0.1) is 0 Å². The van der Waals surface area contributed by atoms with Crippen molar-refractivity contribution in [1.29, 1.82) is 0 Å². The average Bonchev–Trinajstić information content (AvgIpc) is 3.09. The molecule has 0 bridgehead atoms. The van der Waals surface area contributed by atoms with Crippen molar-refractivity contribution in [3.63, 3.8) is 0 Å². The molecule has 1 aliphatic rings. The molecule has 0 amide bonds. The topological polar surface area (TPSA) is 67.2 Å². The van der Waals surface area contributed by atoms with Gasteiger partial charge in [0.05, 0.1) is 10.7 Å². The zero-order chi connectivity index (χ0) is 13.9. The first kappa shape index (κ1) is 14.5. The average molecular weight is 330 g/mol. The fourth-order valence-corrected chi connectivity index (χ4v) is 2.62. The third-order valence-electron chi connectivity index (χ3n) is 3.66. The lowest BCUT2D eigenvalue weighted by atomic mass is 9.90. The standard InChI is InChI=1S/C13H20BrN3O2/c1-2-13(12(18)19,16-11-4-5-11)6-3-7-17-9-10(14)8-15-17/h8-9,11,16H,2-7H2,1H3,(H,18,19). The number of nitrogens with zero attached hydrogens (tertiary/aromatic N) is 2. The van der Waals surface area contributed by atoms with E-state index >= 15 is 0 Å². The summed E-state index contributed by atoms with van der Waals surface area (Å²) >= 11 is 3.35. The Morgan fingerprint density at radius 2 is 2.42 bits per heavy atom. The van der Waals surface area contributed by atoms with Crippen LogP contribution in [0.2, 0.25) is 0 Å². The lowest BCUT2D eigenvalue weighted by molar-refractivity contribution is -0.145. The first-order valence-electron chi connectivity index (χ1n) is 6.75. The van der Waals surface area contributed by atoms with Gasteiger partial charge in [0, 0.05) is 18.8 Å². The van der Waals surface area contributed by atoms with Gasteiger partial charge < -0.3 is 5.11 Å². The summed E-state index contributed by atoms with van der Waals surface area (Å²) in [6.07, 6.45) is 7.89. The third-order valence-corrected chi connectivity index (χ3v) is 4.07. The summed E-state index contributed by atoms with van der Waals surface area (Å²) in [6.45, 7) is 2.68. The summed E-state index contributed by atoms with van der Waals surface area (Å²) in [5.41, 5.74) is -0.772. The molecule has 1 fully saturated rings. The van der Waals surface area contributed by atoms with Gasteiger partial charge in [0.15, 0.2) is 0 Å². The number of carbonyl (C=O) groups is 1. The SMILES string of the molecule is CCC(CCCn1cc(Br)cn1)(NC1CC1)C(=O)O. The van der Waals surface area contributed by atoms with Crippen molar-refractivity contribution < 1.29 is 9.90 Å². The van der Waals surface area contributed by atoms with E-state index in [0.717, 1.165) is 30.3 Å². The molecule has 0 spiro atoms. The van der Waals surface area contributed by atoms with Crippen molar-refractivity contribution >= 4 is 21.9 Å². The van der Waals surface area contributed by atoms with E-state index in [9.17, 15) is 9.90 Å². The van der Waals surface area contributed by atoms with E-state index in [4.69, 9.17) is 0 Å². The second-order valence-electron chi connectivity index (χ2n) is 5.18. The highest BCUT2D eigenvalue weighted by Crippen LogP contribution is 2.27. The fraction of sp³-hybridized carbons (Fsp3) is 0.692. The minimum Gasteiger partial charge on any atom is -0.480 e. The number of rotatable bonds is 8. The number of hydrogen-bond donors (Lipinski definition) is 2. The summed E-state index contributed by atoms with van der Waals surface area (Å²) in [4.78, 5) is 11.6. The molecule has 0 aromatic carbocycles. The maximum Gasteiger partial charge on any atom is 0.323 e. The highest BCUT2D eigenvalue weighted by Gasteiger charge is 2.40. The molecule has 1 saturated carbocycles. The van der Waals surface area contributed by atoms with Gasteiger partial charge in [-0.15, -0.1) is 0 Å². The lowest BCUT2D eigenvalue weighted by Gasteiger charge is -2.29. The minimum absolute atomic E-state index is 0.398. The van der Waals surface area contributed by atoms with Gasteiger partial charge in [-0.05, 0) is 48.0 Å². The first-order chi connectivity index (χ1) is 9.05. The van der Waals surface area contributed by atoms with Crippen LogP contribution in [0.4, 0.5) is 0 Å². The number of carboxylic acid groups (broad SMARTS) is 1. The molecule has 2 N–H and O–H groups in total. The maximum atomic E-state index is 11.6. The number of aryl methyl sites for hydroxylation is 1. The number of aromatic nitrogens is 2. The van der Waals surface area contributed by atoms with E-state index in [0.29, 0.717) is 18.9 Å². The third kappa shape index (κ3) is 3.79. The maximum absolute atomic E-state index is 11.6. The van der Waals surface area contributed by atoms with Gasteiger partial charge in [-0.25, -0.2) is 0 Å². The lowest BCUT2D eigenvalue weighted by Crippen LogP contribution is -2.52. The Morgan fingerprint density at radius 1 is 1.68 bits per heavy atom. The zero-order valence-electron chi connectivity index (χ0n) is 11.1. The Bertz CT molecular complexity index is 445. The number of aliphatic carboxylic acids is 1. The predicted octanol–water partition coefficient (Wildman–Crippen LogP) is 2.41. The van der Waals surface area contributed by atoms with Gasteiger partial charge in [-0.1, -0.05) is 6.92 Å². The van der Waals surface area contributed by atoms with Gasteiger partial charge in [-0.3, -0.25) is 14.8 Å². The smallest absolute Gasteiger partial charge is 0.323 e. The molecule has 19 heavy (non-hydrogen) atoms. The van der Waals surface area contributed by atoms with Gasteiger partial charge in [0.25, 0.3) is 0 Å². The molecule has 0 aliphatic heterocycles. The van der Waals surface area contributed by atoms with Crippen LogP contribution >= 0.6 is 15.9 Å². The highest BCUT2D eigenvalue weighted by molar-refractivity contribution is 9.10. The molecule has 0 saturated heterocycles. The van der Waals surface area contributed by atoms with Crippen molar-refractivity contribution in [3.8, 4) is 0 Å². The van der Waals surface area contributed by atoms with Crippen LogP contribution in [0.25, 0.3) is 0 Å². The van der Waals surface area contributed by atoms with Crippen LogP contribution in [0.3, 0.4) is 0 Å². The quantitative estimate of drug-likeness (QED) is 0.768. The van der Waals surface area contributed by atoms with Crippen LogP contribution in [0.15, 0.2) is 16.9 Å². The normalized spacial score (nSPS) is 18.2. The van der Waals surface area contributed by atoms with Crippen molar-refractivity contribution in [3.05, 3.63) is 16.9 Å². The molecule has 1 aliphatic carbocycles. The Balaban J connectivity index is 1.90. The van der Waals surface area contributed by atoms with E-state index < -0.39 is 11.5 Å². The Hall–Kier alpha value is -0.880. The van der Waals surface area contributed by atoms with E-state index in [1.807, 2.05) is 17.8 Å². The summed E-state index contributed by atoms with van der Waals surface area (Å²) in [5.74, 6) is -0.733. The van der Waals surface area contributed by atoms with E-state index in [1.54, 1.807) is 6.20 Å². The molecule has 1 aromatic heterocycles. The second-order valence-corrected chi connectivity index (χ2v) is 6.10. The van der Waals surface area contributed by atoms with Crippen LogP contribution in [-0.2, 0) is 11.3 Å². The van der Waals surface area contributed by atoms with Crippen molar-refractivity contribution in [1.82, 2.24) is 15.1 Å². The molecule has 1 heterocycles. The van der Waals surface area contributed by atoms with Crippen molar-refractivity contribution in [2.75, 3.05) is 0 Å². The van der Waals surface area contributed by atoms with Crippen LogP contribution in [-0.4, -0.2) is 32.4 Å². The molecule has 2 rings (SSSR count). The van der Waals surface area contributed by atoms with Gasteiger partial charge >= 0.3 is 5.97 Å². The number of halogens is 1. The molecule has 6 heteroatoms. The summed E-state index contributed by atoms with van der Waals surface area (Å²) < 4.78 is 2.78. The molecule has 0 radical (unpaired) electrons. The van der Waals surface area contributed by atoms with Crippen LogP contribution < -0.4 is 5.32 Å². The van der Waals surface area contributed by atoms with Crippen molar-refractivity contribution in [2.24, 2.45) is 0 Å². The first-order valence-corrected chi connectivity index (χ1v) is 7.54. The van der Waals surface area contributed by atoms with E-state index in [-0.39, 0.29) is 0 Å². The van der Waals surface area contributed by atoms with Gasteiger partial charge in [-0.2, -0.15) is 5.10 Å². The monoisotopic (exact) mass is 329 g/mol. The molecule has 1 atom stereocenters. The number of hydrogen-bond acceptors (Lipinski definition) is 3. The van der Waals surface area contributed by atoms with Gasteiger partial charge in [0.1, 0.15) is 5.54 Å².